The van der Waals surface area contributed by atoms with E-state index >= 15 is 0 Å². The minimum Gasteiger partial charge on any atom is -0.380 e. The van der Waals surface area contributed by atoms with Crippen molar-refractivity contribution in [1.29, 1.82) is 0 Å². The van der Waals surface area contributed by atoms with Crippen molar-refractivity contribution in [2.75, 3.05) is 39.9 Å². The minimum absolute atomic E-state index is 0.244. The van der Waals surface area contributed by atoms with Crippen LogP contribution in [0.15, 0.2) is 11.6 Å². The van der Waals surface area contributed by atoms with Crippen LogP contribution in [0.5, 0.6) is 0 Å². The highest BCUT2D eigenvalue weighted by Gasteiger charge is 2.16. The number of carbonyl (C=O) groups excluding carboxylic acids is 1. The maximum Gasteiger partial charge on any atom is 0.224 e. The standard InChI is InChI=1S/C12H22N2O2/c1-3-13-7-4-12(15)14-8-5-11(6-9-14)10-16-2/h5,13H,3-4,6-10H2,1-2H3. The third-order valence-corrected chi connectivity index (χ3v) is 2.75. The molecule has 0 atom stereocenters. The zero-order valence-corrected chi connectivity index (χ0v) is 10.3. The number of carbonyl (C=O) groups is 1. The van der Waals surface area contributed by atoms with Crippen molar-refractivity contribution in [3.63, 3.8) is 0 Å². The summed E-state index contributed by atoms with van der Waals surface area (Å²) in [5.41, 5.74) is 1.30. The van der Waals surface area contributed by atoms with Crippen molar-refractivity contribution in [2.24, 2.45) is 0 Å². The maximum atomic E-state index is 11.8. The van der Waals surface area contributed by atoms with E-state index < -0.39 is 0 Å². The zero-order chi connectivity index (χ0) is 11.8. The van der Waals surface area contributed by atoms with Crippen LogP contribution in [0, 0.1) is 0 Å². The highest BCUT2D eigenvalue weighted by Crippen LogP contribution is 2.11. The van der Waals surface area contributed by atoms with Crippen molar-refractivity contribution in [3.05, 3.63) is 11.6 Å². The van der Waals surface area contributed by atoms with Crippen molar-refractivity contribution >= 4 is 5.91 Å². The molecule has 0 unspecified atom stereocenters. The van der Waals surface area contributed by atoms with Crippen LogP contribution >= 0.6 is 0 Å². The molecule has 0 bridgehead atoms. The van der Waals surface area contributed by atoms with Crippen LogP contribution in [0.3, 0.4) is 0 Å². The lowest BCUT2D eigenvalue weighted by atomic mass is 10.1. The summed E-state index contributed by atoms with van der Waals surface area (Å²) < 4.78 is 5.07. The van der Waals surface area contributed by atoms with Gasteiger partial charge in [-0.1, -0.05) is 13.0 Å². The van der Waals surface area contributed by atoms with Gasteiger partial charge < -0.3 is 15.0 Å². The molecule has 1 aliphatic heterocycles. The van der Waals surface area contributed by atoms with E-state index in [4.69, 9.17) is 4.74 Å². The average Bonchev–Trinajstić information content (AvgIpc) is 2.30. The molecule has 92 valence electrons. The number of nitrogens with zero attached hydrogens (tertiary/aromatic N) is 1. The van der Waals surface area contributed by atoms with E-state index in [0.717, 1.165) is 32.6 Å². The molecule has 4 nitrogen and oxygen atoms in total. The van der Waals surface area contributed by atoms with Crippen LogP contribution < -0.4 is 5.32 Å². The van der Waals surface area contributed by atoms with Gasteiger partial charge in [-0.2, -0.15) is 0 Å². The molecule has 1 heterocycles. The minimum atomic E-state index is 0.244. The first-order valence-electron chi connectivity index (χ1n) is 5.93. The largest absolute Gasteiger partial charge is 0.380 e. The molecule has 1 aliphatic rings. The van der Waals surface area contributed by atoms with Gasteiger partial charge in [0.05, 0.1) is 6.61 Å². The van der Waals surface area contributed by atoms with E-state index in [9.17, 15) is 4.79 Å². The summed E-state index contributed by atoms with van der Waals surface area (Å²) >= 11 is 0. The van der Waals surface area contributed by atoms with Crippen LogP contribution in [-0.4, -0.2) is 50.7 Å². The molecule has 0 aromatic heterocycles. The summed E-state index contributed by atoms with van der Waals surface area (Å²) in [4.78, 5) is 13.7. The van der Waals surface area contributed by atoms with Gasteiger partial charge in [0.25, 0.3) is 0 Å². The van der Waals surface area contributed by atoms with E-state index in [0.29, 0.717) is 13.0 Å². The fraction of sp³-hybridized carbons (Fsp3) is 0.750. The number of rotatable bonds is 6. The van der Waals surface area contributed by atoms with E-state index in [1.165, 1.54) is 5.57 Å². The first kappa shape index (κ1) is 13.2. The Morgan fingerprint density at radius 2 is 2.44 bits per heavy atom. The molecule has 1 amide bonds. The molecule has 0 aliphatic carbocycles. The molecular formula is C12H22N2O2. The van der Waals surface area contributed by atoms with E-state index in [-0.39, 0.29) is 5.91 Å². The monoisotopic (exact) mass is 226 g/mol. The first-order chi connectivity index (χ1) is 7.77. The molecule has 0 saturated carbocycles. The summed E-state index contributed by atoms with van der Waals surface area (Å²) in [5.74, 6) is 0.244. The lowest BCUT2D eigenvalue weighted by molar-refractivity contribution is -0.130. The highest BCUT2D eigenvalue weighted by atomic mass is 16.5. The Labute approximate surface area is 97.6 Å². The lowest BCUT2D eigenvalue weighted by Crippen LogP contribution is -2.36. The fourth-order valence-corrected chi connectivity index (χ4v) is 1.78. The van der Waals surface area contributed by atoms with E-state index in [2.05, 4.69) is 11.4 Å². The highest BCUT2D eigenvalue weighted by molar-refractivity contribution is 5.76. The van der Waals surface area contributed by atoms with Crippen LogP contribution in [0.2, 0.25) is 0 Å². The van der Waals surface area contributed by atoms with Crippen LogP contribution in [0.4, 0.5) is 0 Å². The molecule has 0 radical (unpaired) electrons. The SMILES string of the molecule is CCNCCC(=O)N1CC=C(COC)CC1. The molecule has 0 fully saturated rings. The normalized spacial score (nSPS) is 16.1. The van der Waals surface area contributed by atoms with Gasteiger partial charge in [-0.15, -0.1) is 0 Å². The Morgan fingerprint density at radius 1 is 1.62 bits per heavy atom. The molecule has 0 saturated heterocycles. The lowest BCUT2D eigenvalue weighted by Gasteiger charge is -2.26. The van der Waals surface area contributed by atoms with Gasteiger partial charge in [0.2, 0.25) is 5.91 Å². The van der Waals surface area contributed by atoms with Crippen LogP contribution in [-0.2, 0) is 9.53 Å². The molecule has 0 aromatic rings. The smallest absolute Gasteiger partial charge is 0.224 e. The first-order valence-corrected chi connectivity index (χ1v) is 5.93. The van der Waals surface area contributed by atoms with Crippen molar-refractivity contribution < 1.29 is 9.53 Å². The summed E-state index contributed by atoms with van der Waals surface area (Å²) in [7, 11) is 1.70. The molecule has 16 heavy (non-hydrogen) atoms. The molecule has 4 heteroatoms. The second-order valence-corrected chi connectivity index (χ2v) is 3.99. The molecular weight excluding hydrogens is 204 g/mol. The summed E-state index contributed by atoms with van der Waals surface area (Å²) in [6.45, 7) is 6.01. The summed E-state index contributed by atoms with van der Waals surface area (Å²) in [5, 5.41) is 3.16. The van der Waals surface area contributed by atoms with E-state index in [1.54, 1.807) is 7.11 Å². The molecule has 0 aromatic carbocycles. The fourth-order valence-electron chi connectivity index (χ4n) is 1.78. The predicted molar refractivity (Wildman–Crippen MR) is 64.3 cm³/mol. The van der Waals surface area contributed by atoms with Gasteiger partial charge in [-0.05, 0) is 18.5 Å². The van der Waals surface area contributed by atoms with Gasteiger partial charge in [-0.25, -0.2) is 0 Å². The number of methoxy groups -OCH3 is 1. The Morgan fingerprint density at radius 3 is 3.00 bits per heavy atom. The maximum absolute atomic E-state index is 11.8. The summed E-state index contributed by atoms with van der Waals surface area (Å²) in [6.07, 6.45) is 3.65. The Kier molecular flexibility index (Phi) is 6.11. The zero-order valence-electron chi connectivity index (χ0n) is 10.3. The summed E-state index contributed by atoms with van der Waals surface area (Å²) in [6, 6.07) is 0. The van der Waals surface area contributed by atoms with Crippen LogP contribution in [0.1, 0.15) is 19.8 Å². The van der Waals surface area contributed by atoms with E-state index in [1.807, 2.05) is 11.8 Å². The third kappa shape index (κ3) is 4.33. The predicted octanol–water partition coefficient (Wildman–Crippen LogP) is 0.791. The average molecular weight is 226 g/mol. The van der Waals surface area contributed by atoms with Crippen LogP contribution in [0.25, 0.3) is 0 Å². The van der Waals surface area contributed by atoms with Gasteiger partial charge in [0.15, 0.2) is 0 Å². The number of hydrogen-bond donors (Lipinski definition) is 1. The quantitative estimate of drug-likeness (QED) is 0.538. The van der Waals surface area contributed by atoms with Gasteiger partial charge in [-0.3, -0.25) is 4.79 Å². The Hall–Kier alpha value is -0.870. The number of nitrogens with one attached hydrogen (secondary N) is 1. The van der Waals surface area contributed by atoms with Crippen molar-refractivity contribution in [2.45, 2.75) is 19.8 Å². The van der Waals surface area contributed by atoms with Gasteiger partial charge in [0, 0.05) is 33.2 Å². The Balaban J connectivity index is 2.27. The second-order valence-electron chi connectivity index (χ2n) is 3.99. The van der Waals surface area contributed by atoms with Gasteiger partial charge >= 0.3 is 0 Å². The number of amides is 1. The van der Waals surface area contributed by atoms with Crippen molar-refractivity contribution in [3.8, 4) is 0 Å². The molecule has 1 N–H and O–H groups in total. The molecule has 0 spiro atoms. The van der Waals surface area contributed by atoms with Gasteiger partial charge in [0.1, 0.15) is 0 Å². The Bertz CT molecular complexity index is 251. The number of ether oxygens (including phenoxy) is 1. The molecule has 1 rings (SSSR count). The topological polar surface area (TPSA) is 41.6 Å². The second kappa shape index (κ2) is 7.41. The third-order valence-electron chi connectivity index (χ3n) is 2.75. The van der Waals surface area contributed by atoms with Crippen molar-refractivity contribution in [1.82, 2.24) is 10.2 Å². The number of hydrogen-bond acceptors (Lipinski definition) is 3.